The molecule has 0 saturated carbocycles. The van der Waals surface area contributed by atoms with Crippen LogP contribution in [0.4, 0.5) is 0 Å². The van der Waals surface area contributed by atoms with Crippen LogP contribution < -0.4 is 0 Å². The van der Waals surface area contributed by atoms with Gasteiger partial charge in [-0.3, -0.25) is 4.79 Å². The molecule has 12 heavy (non-hydrogen) atoms. The van der Waals surface area contributed by atoms with E-state index in [1.54, 1.807) is 11.8 Å². The number of hydrogen-bond acceptors (Lipinski definition) is 4. The molecular formula is C8H16O3S. The Morgan fingerprint density at radius 3 is 2.67 bits per heavy atom. The lowest BCUT2D eigenvalue weighted by Crippen LogP contribution is -2.20. The Bertz CT molecular complexity index is 127. The van der Waals surface area contributed by atoms with Crippen molar-refractivity contribution >= 4 is 17.7 Å². The second kappa shape index (κ2) is 7.43. The Labute approximate surface area is 77.8 Å². The summed E-state index contributed by atoms with van der Waals surface area (Å²) in [6.45, 7) is 3.94. The Hall–Kier alpha value is -0.220. The number of hydrogen-bond donors (Lipinski definition) is 0. The van der Waals surface area contributed by atoms with Crippen molar-refractivity contribution < 1.29 is 14.3 Å². The number of esters is 1. The predicted molar refractivity (Wildman–Crippen MR) is 50.2 cm³/mol. The maximum absolute atomic E-state index is 10.5. The molecule has 0 radical (unpaired) electrons. The van der Waals surface area contributed by atoms with Crippen LogP contribution in [0.2, 0.25) is 0 Å². The number of carbonyl (C=O) groups is 1. The molecule has 0 aromatic heterocycles. The van der Waals surface area contributed by atoms with E-state index in [1.165, 1.54) is 6.92 Å². The fourth-order valence-electron chi connectivity index (χ4n) is 0.683. The predicted octanol–water partition coefficient (Wildman–Crippen LogP) is 1.67. The van der Waals surface area contributed by atoms with Gasteiger partial charge in [0.15, 0.2) is 0 Å². The van der Waals surface area contributed by atoms with Crippen molar-refractivity contribution in [2.45, 2.75) is 26.6 Å². The highest BCUT2D eigenvalue weighted by Gasteiger charge is 2.08. The largest absolute Gasteiger partial charge is 0.436 e. The van der Waals surface area contributed by atoms with Gasteiger partial charge in [-0.25, -0.2) is 0 Å². The van der Waals surface area contributed by atoms with Crippen molar-refractivity contribution in [1.82, 2.24) is 0 Å². The van der Waals surface area contributed by atoms with E-state index in [0.29, 0.717) is 13.0 Å². The third-order valence-corrected chi connectivity index (χ3v) is 1.80. The van der Waals surface area contributed by atoms with E-state index >= 15 is 0 Å². The molecule has 0 saturated heterocycles. The zero-order valence-corrected chi connectivity index (χ0v) is 8.65. The standard InChI is InChI=1S/C8H16O3S/c1-4-8(11-7(2)9)10-5-6-12-3/h8H,4-6H2,1-3H3. The zero-order valence-electron chi connectivity index (χ0n) is 7.83. The van der Waals surface area contributed by atoms with Crippen molar-refractivity contribution in [1.29, 1.82) is 0 Å². The van der Waals surface area contributed by atoms with Crippen LogP contribution in [0.25, 0.3) is 0 Å². The molecule has 0 fully saturated rings. The number of carbonyl (C=O) groups excluding carboxylic acids is 1. The lowest BCUT2D eigenvalue weighted by atomic mass is 10.5. The summed E-state index contributed by atoms with van der Waals surface area (Å²) >= 11 is 1.71. The molecule has 0 bridgehead atoms. The van der Waals surface area contributed by atoms with E-state index in [2.05, 4.69) is 0 Å². The van der Waals surface area contributed by atoms with Gasteiger partial charge in [0.25, 0.3) is 0 Å². The molecule has 0 heterocycles. The SMILES string of the molecule is CCC(OCCSC)OC(C)=O. The molecule has 0 N–H and O–H groups in total. The first-order chi connectivity index (χ1) is 5.70. The van der Waals surface area contributed by atoms with Crippen LogP contribution in [-0.2, 0) is 14.3 Å². The molecule has 0 spiro atoms. The van der Waals surface area contributed by atoms with Crippen LogP contribution in [0, 0.1) is 0 Å². The minimum atomic E-state index is -0.366. The third-order valence-electron chi connectivity index (χ3n) is 1.22. The van der Waals surface area contributed by atoms with E-state index in [0.717, 1.165) is 5.75 Å². The van der Waals surface area contributed by atoms with Crippen LogP contribution in [0.3, 0.4) is 0 Å². The summed E-state index contributed by atoms with van der Waals surface area (Å²) < 4.78 is 10.2. The summed E-state index contributed by atoms with van der Waals surface area (Å²) in [7, 11) is 0. The first kappa shape index (κ1) is 11.8. The van der Waals surface area contributed by atoms with Crippen LogP contribution >= 0.6 is 11.8 Å². The van der Waals surface area contributed by atoms with Gasteiger partial charge in [0.05, 0.1) is 6.61 Å². The lowest BCUT2D eigenvalue weighted by Gasteiger charge is -2.14. The molecule has 1 unspecified atom stereocenters. The smallest absolute Gasteiger partial charge is 0.304 e. The Morgan fingerprint density at radius 1 is 1.58 bits per heavy atom. The first-order valence-corrected chi connectivity index (χ1v) is 5.37. The summed E-state index contributed by atoms with van der Waals surface area (Å²) in [5, 5.41) is 0. The van der Waals surface area contributed by atoms with Gasteiger partial charge in [-0.1, -0.05) is 6.92 Å². The average Bonchev–Trinajstić information content (AvgIpc) is 2.02. The minimum absolute atomic E-state index is 0.286. The molecule has 3 nitrogen and oxygen atoms in total. The fraction of sp³-hybridized carbons (Fsp3) is 0.875. The van der Waals surface area contributed by atoms with Gasteiger partial charge in [0.1, 0.15) is 0 Å². The van der Waals surface area contributed by atoms with Crippen LogP contribution in [0.15, 0.2) is 0 Å². The normalized spacial score (nSPS) is 12.6. The highest BCUT2D eigenvalue weighted by molar-refractivity contribution is 7.98. The number of rotatable bonds is 6. The molecule has 0 rings (SSSR count). The highest BCUT2D eigenvalue weighted by atomic mass is 32.2. The molecular weight excluding hydrogens is 176 g/mol. The van der Waals surface area contributed by atoms with Crippen molar-refractivity contribution in [2.24, 2.45) is 0 Å². The van der Waals surface area contributed by atoms with Gasteiger partial charge in [0.2, 0.25) is 6.29 Å². The average molecular weight is 192 g/mol. The van der Waals surface area contributed by atoms with E-state index in [9.17, 15) is 4.79 Å². The van der Waals surface area contributed by atoms with Crippen molar-refractivity contribution in [2.75, 3.05) is 18.6 Å². The van der Waals surface area contributed by atoms with Gasteiger partial charge >= 0.3 is 5.97 Å². The molecule has 0 aliphatic heterocycles. The maximum atomic E-state index is 10.5. The second-order valence-electron chi connectivity index (χ2n) is 2.31. The van der Waals surface area contributed by atoms with Crippen molar-refractivity contribution in [3.05, 3.63) is 0 Å². The monoisotopic (exact) mass is 192 g/mol. The van der Waals surface area contributed by atoms with E-state index in [-0.39, 0.29) is 12.3 Å². The van der Waals surface area contributed by atoms with Crippen LogP contribution in [-0.4, -0.2) is 30.9 Å². The summed E-state index contributed by atoms with van der Waals surface area (Å²) in [5.74, 6) is 0.642. The van der Waals surface area contributed by atoms with Gasteiger partial charge in [-0.15, -0.1) is 0 Å². The molecule has 0 amide bonds. The summed E-state index contributed by atoms with van der Waals surface area (Å²) in [6.07, 6.45) is 2.35. The van der Waals surface area contributed by atoms with Crippen molar-refractivity contribution in [3.8, 4) is 0 Å². The Balaban J connectivity index is 3.46. The zero-order chi connectivity index (χ0) is 9.40. The molecule has 0 aliphatic carbocycles. The third kappa shape index (κ3) is 6.49. The lowest BCUT2D eigenvalue weighted by molar-refractivity contribution is -0.175. The van der Waals surface area contributed by atoms with Gasteiger partial charge in [-0.05, 0) is 6.26 Å². The van der Waals surface area contributed by atoms with E-state index in [1.807, 2.05) is 13.2 Å². The number of ether oxygens (including phenoxy) is 2. The topological polar surface area (TPSA) is 35.5 Å². The molecule has 0 aliphatic rings. The molecule has 4 heteroatoms. The summed E-state index contributed by atoms with van der Waals surface area (Å²) in [5.41, 5.74) is 0. The fourth-order valence-corrected chi connectivity index (χ4v) is 0.946. The molecule has 0 aromatic carbocycles. The number of thioether (sulfide) groups is 1. The summed E-state index contributed by atoms with van der Waals surface area (Å²) in [4.78, 5) is 10.5. The minimum Gasteiger partial charge on any atom is -0.436 e. The van der Waals surface area contributed by atoms with Crippen molar-refractivity contribution in [3.63, 3.8) is 0 Å². The quantitative estimate of drug-likeness (QED) is 0.364. The second-order valence-corrected chi connectivity index (χ2v) is 3.30. The maximum Gasteiger partial charge on any atom is 0.304 e. The molecule has 72 valence electrons. The first-order valence-electron chi connectivity index (χ1n) is 3.98. The Kier molecular flexibility index (Phi) is 7.29. The molecule has 1 atom stereocenters. The van der Waals surface area contributed by atoms with Crippen LogP contribution in [0.5, 0.6) is 0 Å². The van der Waals surface area contributed by atoms with Gasteiger partial charge < -0.3 is 9.47 Å². The van der Waals surface area contributed by atoms with E-state index < -0.39 is 0 Å². The summed E-state index contributed by atoms with van der Waals surface area (Å²) in [6, 6.07) is 0. The van der Waals surface area contributed by atoms with Crippen LogP contribution in [0.1, 0.15) is 20.3 Å². The molecule has 0 aromatic rings. The van der Waals surface area contributed by atoms with E-state index in [4.69, 9.17) is 9.47 Å². The highest BCUT2D eigenvalue weighted by Crippen LogP contribution is 2.02. The van der Waals surface area contributed by atoms with Gasteiger partial charge in [-0.2, -0.15) is 11.8 Å². The Morgan fingerprint density at radius 2 is 2.25 bits per heavy atom. The van der Waals surface area contributed by atoms with Gasteiger partial charge in [0, 0.05) is 19.1 Å².